The summed E-state index contributed by atoms with van der Waals surface area (Å²) in [6, 6.07) is 17.2. The van der Waals surface area contributed by atoms with Gasteiger partial charge in [-0.05, 0) is 31.0 Å². The lowest BCUT2D eigenvalue weighted by Crippen LogP contribution is -2.05. The molecule has 0 aliphatic heterocycles. The van der Waals surface area contributed by atoms with Crippen molar-refractivity contribution in [3.63, 3.8) is 0 Å². The molecule has 0 aromatic heterocycles. The highest BCUT2D eigenvalue weighted by molar-refractivity contribution is 7.85. The van der Waals surface area contributed by atoms with Gasteiger partial charge in [-0.2, -0.15) is 0 Å². The zero-order valence-electron chi connectivity index (χ0n) is 11.0. The predicted octanol–water partition coefficient (Wildman–Crippen LogP) is 3.23. The Hall–Kier alpha value is -1.45. The van der Waals surface area contributed by atoms with Gasteiger partial charge in [-0.3, -0.25) is 4.21 Å². The maximum Gasteiger partial charge on any atom is 0.0799 e. The van der Waals surface area contributed by atoms with Gasteiger partial charge in [0.05, 0.1) is 16.9 Å². The lowest BCUT2D eigenvalue weighted by Gasteiger charge is -2.10. The van der Waals surface area contributed by atoms with Crippen molar-refractivity contribution in [2.24, 2.45) is 0 Å². The van der Waals surface area contributed by atoms with Crippen LogP contribution < -0.4 is 0 Å². The van der Waals surface area contributed by atoms with Gasteiger partial charge >= 0.3 is 0 Å². The minimum atomic E-state index is -1.05. The normalized spacial score (nSPS) is 14.0. The molecule has 2 aromatic rings. The minimum Gasteiger partial charge on any atom is -0.388 e. The second kappa shape index (κ2) is 6.64. The summed E-state index contributed by atoms with van der Waals surface area (Å²) in [7, 11) is -1.05. The number of aliphatic hydroxyl groups is 1. The van der Waals surface area contributed by atoms with E-state index in [1.165, 1.54) is 0 Å². The molecule has 0 aliphatic carbocycles. The summed E-state index contributed by atoms with van der Waals surface area (Å²) in [5.41, 5.74) is 2.04. The van der Waals surface area contributed by atoms with E-state index < -0.39 is 16.9 Å². The van der Waals surface area contributed by atoms with Gasteiger partial charge in [0.15, 0.2) is 0 Å². The topological polar surface area (TPSA) is 37.3 Å². The fourth-order valence-corrected chi connectivity index (χ4v) is 2.98. The molecule has 0 spiro atoms. The largest absolute Gasteiger partial charge is 0.388 e. The molecule has 100 valence electrons. The molecule has 0 bridgehead atoms. The fraction of sp³-hybridized carbons (Fsp3) is 0.250. The molecule has 2 atom stereocenters. The van der Waals surface area contributed by atoms with Crippen molar-refractivity contribution in [3.05, 3.63) is 65.7 Å². The maximum atomic E-state index is 12.1. The lowest BCUT2D eigenvalue weighted by atomic mass is 10.1. The average Bonchev–Trinajstić information content (AvgIpc) is 2.46. The molecule has 0 amide bonds. The average molecular weight is 274 g/mol. The first-order chi connectivity index (χ1) is 9.16. The van der Waals surface area contributed by atoms with E-state index in [0.717, 1.165) is 16.0 Å². The van der Waals surface area contributed by atoms with Crippen molar-refractivity contribution >= 4 is 10.8 Å². The highest BCUT2D eigenvalue weighted by Gasteiger charge is 2.10. The van der Waals surface area contributed by atoms with E-state index in [1.807, 2.05) is 61.5 Å². The molecule has 0 aliphatic rings. The minimum absolute atomic E-state index is 0.471. The smallest absolute Gasteiger partial charge is 0.0799 e. The molecule has 19 heavy (non-hydrogen) atoms. The van der Waals surface area contributed by atoms with Crippen LogP contribution in [0.3, 0.4) is 0 Å². The first-order valence-electron chi connectivity index (χ1n) is 6.35. The fourth-order valence-electron chi connectivity index (χ4n) is 1.87. The molecule has 3 heteroatoms. The van der Waals surface area contributed by atoms with Crippen molar-refractivity contribution in [2.45, 2.75) is 24.3 Å². The van der Waals surface area contributed by atoms with Crippen molar-refractivity contribution in [1.82, 2.24) is 0 Å². The van der Waals surface area contributed by atoms with Crippen LogP contribution in [0.2, 0.25) is 0 Å². The van der Waals surface area contributed by atoms with Gasteiger partial charge in [0.25, 0.3) is 0 Å². The van der Waals surface area contributed by atoms with E-state index in [-0.39, 0.29) is 0 Å². The second-order valence-corrected chi connectivity index (χ2v) is 6.15. The molecule has 0 heterocycles. The van der Waals surface area contributed by atoms with Crippen LogP contribution in [0.4, 0.5) is 0 Å². The van der Waals surface area contributed by atoms with Crippen LogP contribution in [0.1, 0.15) is 23.7 Å². The molecule has 0 saturated heterocycles. The third kappa shape index (κ3) is 4.01. The number of hydrogen-bond donors (Lipinski definition) is 1. The third-order valence-electron chi connectivity index (χ3n) is 3.04. The molecule has 2 aromatic carbocycles. The Labute approximate surface area is 116 Å². The molecular weight excluding hydrogens is 256 g/mol. The van der Waals surface area contributed by atoms with Crippen LogP contribution in [0, 0.1) is 6.92 Å². The van der Waals surface area contributed by atoms with Crippen LogP contribution in [-0.2, 0) is 10.8 Å². The molecule has 0 radical (unpaired) electrons. The number of aryl methyl sites for hydroxylation is 1. The zero-order chi connectivity index (χ0) is 13.7. The molecule has 1 unspecified atom stereocenters. The highest BCUT2D eigenvalue weighted by atomic mass is 32.2. The highest BCUT2D eigenvalue weighted by Crippen LogP contribution is 2.18. The number of rotatable bonds is 5. The summed E-state index contributed by atoms with van der Waals surface area (Å²) < 4.78 is 12.1. The maximum absolute atomic E-state index is 12.1. The van der Waals surface area contributed by atoms with E-state index in [4.69, 9.17) is 0 Å². The van der Waals surface area contributed by atoms with Crippen LogP contribution in [0.5, 0.6) is 0 Å². The summed E-state index contributed by atoms with van der Waals surface area (Å²) >= 11 is 0. The molecule has 2 rings (SSSR count). The standard InChI is InChI=1S/C16H18O2S/c1-13-7-9-15(10-8-13)19(18)12-11-16(17)14-5-3-2-4-6-14/h2-10,16-17H,11-12H2,1H3/t16-,19?/m0/s1. The van der Waals surface area contributed by atoms with Gasteiger partial charge in [0.1, 0.15) is 0 Å². The Balaban J connectivity index is 1.92. The molecule has 0 fully saturated rings. The summed E-state index contributed by atoms with van der Waals surface area (Å²) in [5, 5.41) is 10.0. The van der Waals surface area contributed by atoms with Gasteiger partial charge < -0.3 is 5.11 Å². The van der Waals surface area contributed by atoms with E-state index in [2.05, 4.69) is 0 Å². The van der Waals surface area contributed by atoms with Crippen LogP contribution in [-0.4, -0.2) is 15.1 Å². The molecular formula is C16H18O2S. The van der Waals surface area contributed by atoms with Gasteiger partial charge in [-0.15, -0.1) is 0 Å². The quantitative estimate of drug-likeness (QED) is 0.909. The van der Waals surface area contributed by atoms with E-state index in [9.17, 15) is 9.32 Å². The predicted molar refractivity (Wildman–Crippen MR) is 78.5 cm³/mol. The SMILES string of the molecule is Cc1ccc(S(=O)CC[C@H](O)c2ccccc2)cc1. The molecule has 1 N–H and O–H groups in total. The Morgan fingerprint density at radius 1 is 1.05 bits per heavy atom. The summed E-state index contributed by atoms with van der Waals surface area (Å²) in [6.07, 6.45) is -0.0413. The number of aliphatic hydroxyl groups excluding tert-OH is 1. The Kier molecular flexibility index (Phi) is 4.88. The van der Waals surface area contributed by atoms with E-state index in [1.54, 1.807) is 0 Å². The number of hydrogen-bond acceptors (Lipinski definition) is 2. The summed E-state index contributed by atoms with van der Waals surface area (Å²) in [6.45, 7) is 2.01. The van der Waals surface area contributed by atoms with Crippen molar-refractivity contribution in [2.75, 3.05) is 5.75 Å². The van der Waals surface area contributed by atoms with Crippen LogP contribution in [0.25, 0.3) is 0 Å². The van der Waals surface area contributed by atoms with Crippen molar-refractivity contribution < 1.29 is 9.32 Å². The van der Waals surface area contributed by atoms with Crippen LogP contribution >= 0.6 is 0 Å². The zero-order valence-corrected chi connectivity index (χ0v) is 11.8. The second-order valence-electron chi connectivity index (χ2n) is 4.58. The monoisotopic (exact) mass is 274 g/mol. The Bertz CT molecular complexity index is 534. The lowest BCUT2D eigenvalue weighted by molar-refractivity contribution is 0.174. The van der Waals surface area contributed by atoms with Gasteiger partial charge in [-0.25, -0.2) is 0 Å². The Morgan fingerprint density at radius 3 is 2.32 bits per heavy atom. The summed E-state index contributed by atoms with van der Waals surface area (Å²) in [5.74, 6) is 0.471. The molecule has 2 nitrogen and oxygen atoms in total. The van der Waals surface area contributed by atoms with Gasteiger partial charge in [0, 0.05) is 10.6 Å². The number of benzene rings is 2. The first-order valence-corrected chi connectivity index (χ1v) is 7.67. The first kappa shape index (κ1) is 14.0. The van der Waals surface area contributed by atoms with Crippen molar-refractivity contribution in [3.8, 4) is 0 Å². The van der Waals surface area contributed by atoms with Gasteiger partial charge in [-0.1, -0.05) is 48.0 Å². The Morgan fingerprint density at radius 2 is 1.68 bits per heavy atom. The van der Waals surface area contributed by atoms with Gasteiger partial charge in [0.2, 0.25) is 0 Å². The van der Waals surface area contributed by atoms with E-state index >= 15 is 0 Å². The summed E-state index contributed by atoms with van der Waals surface area (Å²) in [4.78, 5) is 0.825. The molecule has 0 saturated carbocycles. The van der Waals surface area contributed by atoms with E-state index in [0.29, 0.717) is 12.2 Å². The van der Waals surface area contributed by atoms with Crippen molar-refractivity contribution in [1.29, 1.82) is 0 Å². The third-order valence-corrected chi connectivity index (χ3v) is 4.45. The van der Waals surface area contributed by atoms with Crippen LogP contribution in [0.15, 0.2) is 59.5 Å².